The summed E-state index contributed by atoms with van der Waals surface area (Å²) in [5.41, 5.74) is 2.17. The Kier molecular flexibility index (Phi) is 4.48. The van der Waals surface area contributed by atoms with E-state index in [1.165, 1.54) is 16.9 Å². The SMILES string of the molecule is CC[C@H](C)NC(=O)c1cc2c(C)nn(Cc3ccccc3)c2s1. The third-order valence-corrected chi connectivity index (χ3v) is 5.14. The zero-order valence-corrected chi connectivity index (χ0v) is 14.5. The number of rotatable bonds is 5. The number of nitrogens with zero attached hydrogens (tertiary/aromatic N) is 2. The third-order valence-electron chi connectivity index (χ3n) is 4.00. The van der Waals surface area contributed by atoms with Gasteiger partial charge in [0.1, 0.15) is 4.83 Å². The van der Waals surface area contributed by atoms with Crippen molar-refractivity contribution in [2.75, 3.05) is 0 Å². The Labute approximate surface area is 140 Å². The maximum Gasteiger partial charge on any atom is 0.261 e. The molecule has 5 heteroatoms. The van der Waals surface area contributed by atoms with Gasteiger partial charge in [0.15, 0.2) is 0 Å². The predicted molar refractivity (Wildman–Crippen MR) is 95.1 cm³/mol. The molecule has 23 heavy (non-hydrogen) atoms. The molecule has 1 N–H and O–H groups in total. The molecular formula is C18H21N3OS. The van der Waals surface area contributed by atoms with Gasteiger partial charge in [-0.2, -0.15) is 5.10 Å². The van der Waals surface area contributed by atoms with Gasteiger partial charge in [0, 0.05) is 11.4 Å². The van der Waals surface area contributed by atoms with E-state index in [4.69, 9.17) is 0 Å². The molecule has 1 amide bonds. The third kappa shape index (κ3) is 3.29. The molecule has 1 atom stereocenters. The van der Waals surface area contributed by atoms with Crippen LogP contribution in [0.2, 0.25) is 0 Å². The lowest BCUT2D eigenvalue weighted by Gasteiger charge is -2.09. The molecule has 0 aliphatic carbocycles. The van der Waals surface area contributed by atoms with Crippen LogP contribution >= 0.6 is 11.3 Å². The summed E-state index contributed by atoms with van der Waals surface area (Å²) in [4.78, 5) is 14.1. The molecule has 1 aromatic carbocycles. The standard InChI is InChI=1S/C18H21N3OS/c1-4-12(2)19-17(22)16-10-15-13(3)20-21(18(15)23-16)11-14-8-6-5-7-9-14/h5-10,12H,4,11H2,1-3H3,(H,19,22)/t12-/m0/s1. The quantitative estimate of drug-likeness (QED) is 0.770. The van der Waals surface area contributed by atoms with Crippen LogP contribution in [0.1, 0.15) is 41.2 Å². The second-order valence-corrected chi connectivity index (χ2v) is 6.87. The van der Waals surface area contributed by atoms with Gasteiger partial charge in [-0.3, -0.25) is 9.48 Å². The topological polar surface area (TPSA) is 46.9 Å². The van der Waals surface area contributed by atoms with Crippen molar-refractivity contribution >= 4 is 27.5 Å². The zero-order valence-electron chi connectivity index (χ0n) is 13.7. The maximum absolute atomic E-state index is 12.3. The summed E-state index contributed by atoms with van der Waals surface area (Å²) in [6.45, 7) is 6.80. The first-order chi connectivity index (χ1) is 11.1. The molecule has 0 fully saturated rings. The van der Waals surface area contributed by atoms with Crippen LogP contribution in [0, 0.1) is 6.92 Å². The highest BCUT2D eigenvalue weighted by Gasteiger charge is 2.17. The predicted octanol–water partition coefficient (Wildman–Crippen LogP) is 3.98. The lowest BCUT2D eigenvalue weighted by Crippen LogP contribution is -2.31. The monoisotopic (exact) mass is 327 g/mol. The molecule has 0 bridgehead atoms. The van der Waals surface area contributed by atoms with E-state index < -0.39 is 0 Å². The fourth-order valence-corrected chi connectivity index (χ4v) is 3.55. The molecule has 0 spiro atoms. The Morgan fingerprint density at radius 3 is 2.78 bits per heavy atom. The fraction of sp³-hybridized carbons (Fsp3) is 0.333. The van der Waals surface area contributed by atoms with Gasteiger partial charge in [0.25, 0.3) is 5.91 Å². The molecule has 0 unspecified atom stereocenters. The van der Waals surface area contributed by atoms with Gasteiger partial charge in [0.05, 0.1) is 17.1 Å². The Hall–Kier alpha value is -2.14. The molecule has 0 aliphatic heterocycles. The zero-order chi connectivity index (χ0) is 16.4. The van der Waals surface area contributed by atoms with Crippen LogP contribution in [0.25, 0.3) is 10.2 Å². The smallest absolute Gasteiger partial charge is 0.261 e. The van der Waals surface area contributed by atoms with Gasteiger partial charge in [-0.1, -0.05) is 37.3 Å². The summed E-state index contributed by atoms with van der Waals surface area (Å²) in [5.74, 6) is 0.00575. The number of amides is 1. The van der Waals surface area contributed by atoms with Crippen LogP contribution in [0.3, 0.4) is 0 Å². The second kappa shape index (κ2) is 6.54. The second-order valence-electron chi connectivity index (χ2n) is 5.84. The molecule has 3 rings (SSSR count). The number of thiophene rings is 1. The largest absolute Gasteiger partial charge is 0.349 e. The van der Waals surface area contributed by atoms with Gasteiger partial charge in [-0.05, 0) is 31.9 Å². The number of carbonyl (C=O) groups excluding carboxylic acids is 1. The summed E-state index contributed by atoms with van der Waals surface area (Å²) >= 11 is 1.51. The minimum absolute atomic E-state index is 0.00575. The van der Waals surface area contributed by atoms with Crippen molar-refractivity contribution in [2.45, 2.75) is 39.8 Å². The van der Waals surface area contributed by atoms with E-state index in [0.717, 1.165) is 33.8 Å². The first-order valence-electron chi connectivity index (χ1n) is 7.90. The molecule has 4 nitrogen and oxygen atoms in total. The van der Waals surface area contributed by atoms with E-state index in [1.807, 2.05) is 42.8 Å². The fourth-order valence-electron chi connectivity index (χ4n) is 2.49. The Morgan fingerprint density at radius 2 is 2.09 bits per heavy atom. The van der Waals surface area contributed by atoms with Crippen LogP contribution in [-0.2, 0) is 6.54 Å². The molecule has 0 saturated carbocycles. The normalized spacial score (nSPS) is 12.5. The Bertz CT molecular complexity index is 820. The molecule has 0 radical (unpaired) electrons. The highest BCUT2D eigenvalue weighted by molar-refractivity contribution is 7.20. The van der Waals surface area contributed by atoms with Gasteiger partial charge < -0.3 is 5.32 Å². The summed E-state index contributed by atoms with van der Waals surface area (Å²) < 4.78 is 1.99. The Balaban J connectivity index is 1.91. The molecule has 3 aromatic rings. The van der Waals surface area contributed by atoms with Crippen LogP contribution in [-0.4, -0.2) is 21.7 Å². The summed E-state index contributed by atoms with van der Waals surface area (Å²) in [5, 5.41) is 8.71. The molecule has 2 aromatic heterocycles. The van der Waals surface area contributed by atoms with E-state index in [-0.39, 0.29) is 11.9 Å². The first kappa shape index (κ1) is 15.7. The van der Waals surface area contributed by atoms with E-state index >= 15 is 0 Å². The van der Waals surface area contributed by atoms with Crippen molar-refractivity contribution in [3.63, 3.8) is 0 Å². The van der Waals surface area contributed by atoms with Gasteiger partial charge in [0.2, 0.25) is 0 Å². The van der Waals surface area contributed by atoms with E-state index in [2.05, 4.69) is 29.5 Å². The number of benzene rings is 1. The maximum atomic E-state index is 12.3. The van der Waals surface area contributed by atoms with E-state index in [9.17, 15) is 4.79 Å². The lowest BCUT2D eigenvalue weighted by molar-refractivity contribution is 0.0943. The number of aryl methyl sites for hydroxylation is 1. The average Bonchev–Trinajstić information content (AvgIpc) is 3.10. The van der Waals surface area contributed by atoms with Crippen LogP contribution in [0.5, 0.6) is 0 Å². The average molecular weight is 327 g/mol. The van der Waals surface area contributed by atoms with E-state index in [1.54, 1.807) is 0 Å². The summed E-state index contributed by atoms with van der Waals surface area (Å²) in [6, 6.07) is 12.4. The van der Waals surface area contributed by atoms with Crippen molar-refractivity contribution in [2.24, 2.45) is 0 Å². The van der Waals surface area contributed by atoms with Gasteiger partial charge in [-0.15, -0.1) is 11.3 Å². The summed E-state index contributed by atoms with van der Waals surface area (Å²) in [6.07, 6.45) is 0.928. The highest BCUT2D eigenvalue weighted by atomic mass is 32.1. The van der Waals surface area contributed by atoms with Crippen LogP contribution in [0.4, 0.5) is 0 Å². The lowest BCUT2D eigenvalue weighted by atomic mass is 10.2. The molecule has 2 heterocycles. The van der Waals surface area contributed by atoms with Crippen molar-refractivity contribution < 1.29 is 4.79 Å². The molecule has 120 valence electrons. The summed E-state index contributed by atoms with van der Waals surface area (Å²) in [7, 11) is 0. The van der Waals surface area contributed by atoms with Crippen molar-refractivity contribution in [3.8, 4) is 0 Å². The number of hydrogen-bond donors (Lipinski definition) is 1. The number of carbonyl (C=O) groups is 1. The molecule has 0 saturated heterocycles. The van der Waals surface area contributed by atoms with E-state index in [0.29, 0.717) is 0 Å². The minimum atomic E-state index is 0.00575. The van der Waals surface area contributed by atoms with Crippen molar-refractivity contribution in [3.05, 3.63) is 52.5 Å². The van der Waals surface area contributed by atoms with Gasteiger partial charge >= 0.3 is 0 Å². The van der Waals surface area contributed by atoms with Crippen molar-refractivity contribution in [1.82, 2.24) is 15.1 Å². The first-order valence-corrected chi connectivity index (χ1v) is 8.72. The van der Waals surface area contributed by atoms with Gasteiger partial charge in [-0.25, -0.2) is 0 Å². The number of fused-ring (bicyclic) bond motifs is 1. The Morgan fingerprint density at radius 1 is 1.35 bits per heavy atom. The number of nitrogens with one attached hydrogen (secondary N) is 1. The number of hydrogen-bond acceptors (Lipinski definition) is 3. The van der Waals surface area contributed by atoms with Crippen LogP contribution < -0.4 is 5.32 Å². The van der Waals surface area contributed by atoms with Crippen LogP contribution in [0.15, 0.2) is 36.4 Å². The minimum Gasteiger partial charge on any atom is -0.349 e. The van der Waals surface area contributed by atoms with Crippen molar-refractivity contribution in [1.29, 1.82) is 0 Å². The molecule has 0 aliphatic rings. The number of aromatic nitrogens is 2. The molecular weight excluding hydrogens is 306 g/mol. The highest BCUT2D eigenvalue weighted by Crippen LogP contribution is 2.29.